The Labute approximate surface area is 155 Å². The predicted octanol–water partition coefficient (Wildman–Crippen LogP) is 2.65. The Morgan fingerprint density at radius 1 is 1.19 bits per heavy atom. The van der Waals surface area contributed by atoms with Crippen LogP contribution >= 0.6 is 0 Å². The molecule has 0 radical (unpaired) electrons. The number of nitrogens with zero attached hydrogens (tertiary/aromatic N) is 2. The van der Waals surface area contributed by atoms with Crippen molar-refractivity contribution in [3.8, 4) is 5.75 Å². The van der Waals surface area contributed by atoms with Gasteiger partial charge in [-0.3, -0.25) is 9.69 Å². The predicted molar refractivity (Wildman–Crippen MR) is 98.0 cm³/mol. The number of rotatable bonds is 4. The molecule has 2 heterocycles. The summed E-state index contributed by atoms with van der Waals surface area (Å²) in [5, 5.41) is 0. The van der Waals surface area contributed by atoms with Crippen LogP contribution in [0.15, 0.2) is 18.2 Å². The smallest absolute Gasteiger partial charge is 0.242 e. The first-order chi connectivity index (χ1) is 12.4. The fraction of sp³-hybridized carbons (Fsp3) is 0.650. The monoisotopic (exact) mass is 364 g/mol. The molecule has 2 aliphatic heterocycles. The van der Waals surface area contributed by atoms with E-state index in [-0.39, 0.29) is 23.4 Å². The largest absolute Gasteiger partial charge is 0.494 e. The summed E-state index contributed by atoms with van der Waals surface area (Å²) in [7, 11) is 1.48. The van der Waals surface area contributed by atoms with E-state index in [2.05, 4.69) is 4.90 Å². The van der Waals surface area contributed by atoms with Crippen LogP contribution in [0.3, 0.4) is 0 Å². The summed E-state index contributed by atoms with van der Waals surface area (Å²) in [6.07, 6.45) is 1.55. The van der Waals surface area contributed by atoms with Gasteiger partial charge in [0.25, 0.3) is 0 Å². The van der Waals surface area contributed by atoms with Gasteiger partial charge < -0.3 is 14.4 Å². The summed E-state index contributed by atoms with van der Waals surface area (Å²) in [4.78, 5) is 17.2. The molecule has 6 heteroatoms. The van der Waals surface area contributed by atoms with Crippen LogP contribution in [-0.4, -0.2) is 67.7 Å². The molecule has 0 bridgehead atoms. The van der Waals surface area contributed by atoms with Crippen molar-refractivity contribution < 1.29 is 18.7 Å². The van der Waals surface area contributed by atoms with Gasteiger partial charge in [-0.05, 0) is 44.2 Å². The van der Waals surface area contributed by atoms with E-state index in [0.717, 1.165) is 25.9 Å². The van der Waals surface area contributed by atoms with E-state index in [9.17, 15) is 9.18 Å². The van der Waals surface area contributed by atoms with Gasteiger partial charge in [0.1, 0.15) is 0 Å². The van der Waals surface area contributed by atoms with Gasteiger partial charge in [0.2, 0.25) is 5.91 Å². The van der Waals surface area contributed by atoms with E-state index >= 15 is 0 Å². The Bertz CT molecular complexity index is 636. The average molecular weight is 364 g/mol. The summed E-state index contributed by atoms with van der Waals surface area (Å²) >= 11 is 0. The molecular weight excluding hydrogens is 335 g/mol. The fourth-order valence-corrected chi connectivity index (χ4v) is 4.04. The number of benzene rings is 1. The third-order valence-corrected chi connectivity index (χ3v) is 5.76. The number of amides is 1. The molecule has 0 spiro atoms. The number of carbonyl (C=O) groups is 1. The maximum absolute atomic E-state index is 14.5. The van der Waals surface area contributed by atoms with Crippen molar-refractivity contribution in [2.75, 3.05) is 46.5 Å². The van der Waals surface area contributed by atoms with Crippen LogP contribution in [0.2, 0.25) is 0 Å². The Kier molecular flexibility index (Phi) is 5.82. The Morgan fingerprint density at radius 2 is 1.85 bits per heavy atom. The summed E-state index contributed by atoms with van der Waals surface area (Å²) in [6, 6.07) is 5.30. The zero-order valence-electron chi connectivity index (χ0n) is 16.0. The van der Waals surface area contributed by atoms with Gasteiger partial charge in [-0.2, -0.15) is 0 Å². The van der Waals surface area contributed by atoms with Crippen molar-refractivity contribution >= 4 is 5.91 Å². The van der Waals surface area contributed by atoms with Crippen molar-refractivity contribution in [2.45, 2.75) is 38.1 Å². The van der Waals surface area contributed by atoms with Crippen LogP contribution in [0.5, 0.6) is 5.75 Å². The lowest BCUT2D eigenvalue weighted by Gasteiger charge is -2.43. The Balaban J connectivity index is 1.64. The highest BCUT2D eigenvalue weighted by Crippen LogP contribution is 2.34. The minimum absolute atomic E-state index is 0.126. The average Bonchev–Trinajstić information content (AvgIpc) is 2.68. The van der Waals surface area contributed by atoms with E-state index in [4.69, 9.17) is 9.47 Å². The fourth-order valence-electron chi connectivity index (χ4n) is 4.04. The highest BCUT2D eigenvalue weighted by atomic mass is 19.1. The lowest BCUT2D eigenvalue weighted by atomic mass is 9.88. The minimum Gasteiger partial charge on any atom is -0.494 e. The van der Waals surface area contributed by atoms with E-state index in [1.807, 2.05) is 30.9 Å². The molecule has 26 heavy (non-hydrogen) atoms. The van der Waals surface area contributed by atoms with Crippen LogP contribution in [0.4, 0.5) is 4.39 Å². The highest BCUT2D eigenvalue weighted by molar-refractivity contribution is 5.85. The topological polar surface area (TPSA) is 42.0 Å². The van der Waals surface area contributed by atoms with Gasteiger partial charge in [0.15, 0.2) is 11.6 Å². The SMILES string of the molecule is COc1cccc(C2CCN(C(=O)C(C)(C)N3CCOCC3)CC2)c1F. The highest BCUT2D eigenvalue weighted by Gasteiger charge is 2.39. The number of hydrogen-bond acceptors (Lipinski definition) is 4. The summed E-state index contributed by atoms with van der Waals surface area (Å²) in [5.41, 5.74) is 0.168. The van der Waals surface area contributed by atoms with Gasteiger partial charge in [-0.15, -0.1) is 0 Å². The molecule has 3 rings (SSSR count). The molecule has 0 atom stereocenters. The molecule has 2 fully saturated rings. The molecule has 0 N–H and O–H groups in total. The lowest BCUT2D eigenvalue weighted by molar-refractivity contribution is -0.146. The van der Waals surface area contributed by atoms with Crippen LogP contribution in [0, 0.1) is 5.82 Å². The summed E-state index contributed by atoms with van der Waals surface area (Å²) in [5.74, 6) is 0.299. The molecule has 0 saturated carbocycles. The van der Waals surface area contributed by atoms with Crippen LogP contribution in [-0.2, 0) is 9.53 Å². The second kappa shape index (κ2) is 7.92. The second-order valence-electron chi connectivity index (χ2n) is 7.59. The normalized spacial score (nSPS) is 20.2. The van der Waals surface area contributed by atoms with Gasteiger partial charge in [-0.25, -0.2) is 4.39 Å². The third kappa shape index (κ3) is 3.71. The first kappa shape index (κ1) is 19.1. The molecule has 2 aliphatic rings. The molecular formula is C20H29FN2O3. The van der Waals surface area contributed by atoms with Crippen molar-refractivity contribution in [1.82, 2.24) is 9.80 Å². The minimum atomic E-state index is -0.530. The number of methoxy groups -OCH3 is 1. The second-order valence-corrected chi connectivity index (χ2v) is 7.59. The third-order valence-electron chi connectivity index (χ3n) is 5.76. The molecule has 5 nitrogen and oxygen atoms in total. The van der Waals surface area contributed by atoms with Crippen LogP contribution < -0.4 is 4.74 Å². The number of halogens is 1. The number of hydrogen-bond donors (Lipinski definition) is 0. The number of morpholine rings is 1. The zero-order valence-corrected chi connectivity index (χ0v) is 16.0. The number of piperidine rings is 1. The van der Waals surface area contributed by atoms with Crippen molar-refractivity contribution in [2.24, 2.45) is 0 Å². The van der Waals surface area contributed by atoms with Gasteiger partial charge in [0, 0.05) is 26.2 Å². The van der Waals surface area contributed by atoms with Gasteiger partial charge >= 0.3 is 0 Å². The standard InChI is InChI=1S/C20H29FN2O3/c1-20(2,23-11-13-26-14-12-23)19(24)22-9-7-15(8-10-22)16-5-4-6-17(25-3)18(16)21/h4-6,15H,7-14H2,1-3H3. The quantitative estimate of drug-likeness (QED) is 0.824. The maximum atomic E-state index is 14.5. The molecule has 2 saturated heterocycles. The molecule has 144 valence electrons. The molecule has 1 amide bonds. The zero-order chi connectivity index (χ0) is 18.7. The number of likely N-dealkylation sites (tertiary alicyclic amines) is 1. The van der Waals surface area contributed by atoms with E-state index in [1.165, 1.54) is 7.11 Å². The van der Waals surface area contributed by atoms with Gasteiger partial charge in [-0.1, -0.05) is 12.1 Å². The summed E-state index contributed by atoms with van der Waals surface area (Å²) < 4.78 is 25.0. The summed E-state index contributed by atoms with van der Waals surface area (Å²) in [6.45, 7) is 8.22. The molecule has 1 aromatic rings. The first-order valence-electron chi connectivity index (χ1n) is 9.39. The lowest BCUT2D eigenvalue weighted by Crippen LogP contribution is -2.59. The van der Waals surface area contributed by atoms with Crippen LogP contribution in [0.1, 0.15) is 38.2 Å². The van der Waals surface area contributed by atoms with E-state index < -0.39 is 5.54 Å². The van der Waals surface area contributed by atoms with Crippen molar-refractivity contribution in [1.29, 1.82) is 0 Å². The van der Waals surface area contributed by atoms with Crippen molar-refractivity contribution in [3.63, 3.8) is 0 Å². The van der Waals surface area contributed by atoms with Crippen molar-refractivity contribution in [3.05, 3.63) is 29.6 Å². The maximum Gasteiger partial charge on any atom is 0.242 e. The Morgan fingerprint density at radius 3 is 2.46 bits per heavy atom. The first-order valence-corrected chi connectivity index (χ1v) is 9.39. The van der Waals surface area contributed by atoms with Crippen LogP contribution in [0.25, 0.3) is 0 Å². The molecule has 0 aromatic heterocycles. The molecule has 0 unspecified atom stereocenters. The number of ether oxygens (including phenoxy) is 2. The van der Waals surface area contributed by atoms with E-state index in [1.54, 1.807) is 6.07 Å². The Hall–Kier alpha value is -1.66. The van der Waals surface area contributed by atoms with Gasteiger partial charge in [0.05, 0.1) is 25.9 Å². The molecule has 0 aliphatic carbocycles. The number of carbonyl (C=O) groups excluding carboxylic acids is 1. The molecule has 1 aromatic carbocycles. The van der Waals surface area contributed by atoms with E-state index in [0.29, 0.717) is 31.9 Å².